The molecule has 0 unspecified atom stereocenters. The lowest BCUT2D eigenvalue weighted by atomic mass is 10.4. The molecule has 2 rings (SSSR count). The molecular weight excluding hydrogens is 323 g/mol. The van der Waals surface area contributed by atoms with Gasteiger partial charge < -0.3 is 5.32 Å². The van der Waals surface area contributed by atoms with E-state index in [2.05, 4.69) is 15.3 Å². The second-order valence-corrected chi connectivity index (χ2v) is 5.84. The Morgan fingerprint density at radius 3 is 2.86 bits per heavy atom. The number of thiophene rings is 1. The molecule has 1 amide bonds. The molecule has 2 heterocycles. The molecule has 0 saturated heterocycles. The van der Waals surface area contributed by atoms with E-state index in [-0.39, 0.29) is 16.8 Å². The first kappa shape index (κ1) is 15.8. The molecule has 0 aliphatic heterocycles. The third-order valence-corrected chi connectivity index (χ3v) is 4.03. The van der Waals surface area contributed by atoms with E-state index in [4.69, 9.17) is 0 Å². The van der Waals surface area contributed by atoms with Crippen LogP contribution in [0.15, 0.2) is 34.9 Å². The maximum atomic E-state index is 12.5. The molecule has 4 nitrogen and oxygen atoms in total. The highest BCUT2D eigenvalue weighted by Crippen LogP contribution is 2.28. The minimum atomic E-state index is -4.51. The summed E-state index contributed by atoms with van der Waals surface area (Å²) in [5, 5.41) is 4.50. The lowest BCUT2D eigenvalue weighted by molar-refractivity contribution is -0.141. The zero-order valence-electron chi connectivity index (χ0n) is 10.6. The molecule has 1 N–H and O–H groups in total. The van der Waals surface area contributed by atoms with Crippen molar-refractivity contribution in [3.05, 3.63) is 40.3 Å². The highest BCUT2D eigenvalue weighted by molar-refractivity contribution is 7.99. The number of carbonyl (C=O) groups is 1. The van der Waals surface area contributed by atoms with Crippen molar-refractivity contribution in [2.45, 2.75) is 17.9 Å². The maximum absolute atomic E-state index is 12.5. The standard InChI is InChI=1S/C12H10F3N3OS2/c13-12(14,15)9-3-4-16-11(18-9)21-7-10(19)17-6-8-2-1-5-20-8/h1-5H,6-7H2,(H,17,19). The smallest absolute Gasteiger partial charge is 0.350 e. The molecule has 21 heavy (non-hydrogen) atoms. The lowest BCUT2D eigenvalue weighted by Crippen LogP contribution is -2.24. The largest absolute Gasteiger partial charge is 0.433 e. The van der Waals surface area contributed by atoms with Gasteiger partial charge in [-0.3, -0.25) is 4.79 Å². The Kier molecular flexibility index (Phi) is 5.18. The molecule has 0 atom stereocenters. The molecule has 0 radical (unpaired) electrons. The summed E-state index contributed by atoms with van der Waals surface area (Å²) >= 11 is 2.38. The van der Waals surface area contributed by atoms with E-state index in [1.165, 1.54) is 11.3 Å². The van der Waals surface area contributed by atoms with Crippen LogP contribution in [0.1, 0.15) is 10.6 Å². The van der Waals surface area contributed by atoms with Crippen molar-refractivity contribution < 1.29 is 18.0 Å². The average Bonchev–Trinajstić information content (AvgIpc) is 2.95. The third-order valence-electron chi connectivity index (χ3n) is 2.30. The van der Waals surface area contributed by atoms with Crippen LogP contribution in [-0.4, -0.2) is 21.6 Å². The zero-order valence-corrected chi connectivity index (χ0v) is 12.2. The van der Waals surface area contributed by atoms with Crippen molar-refractivity contribution >= 4 is 29.0 Å². The summed E-state index contributed by atoms with van der Waals surface area (Å²) in [7, 11) is 0. The Morgan fingerprint density at radius 1 is 1.38 bits per heavy atom. The Hall–Kier alpha value is -1.61. The van der Waals surface area contributed by atoms with Gasteiger partial charge in [0.25, 0.3) is 0 Å². The van der Waals surface area contributed by atoms with Crippen LogP contribution in [0, 0.1) is 0 Å². The summed E-state index contributed by atoms with van der Waals surface area (Å²) in [6.07, 6.45) is -3.48. The zero-order chi connectivity index (χ0) is 15.3. The Balaban J connectivity index is 1.83. The SMILES string of the molecule is O=C(CSc1nccc(C(F)(F)F)n1)NCc1cccs1. The number of nitrogens with zero attached hydrogens (tertiary/aromatic N) is 2. The van der Waals surface area contributed by atoms with Crippen molar-refractivity contribution in [1.82, 2.24) is 15.3 Å². The van der Waals surface area contributed by atoms with E-state index in [1.54, 1.807) is 0 Å². The number of hydrogen-bond acceptors (Lipinski definition) is 5. The quantitative estimate of drug-likeness (QED) is 0.675. The number of hydrogen-bond donors (Lipinski definition) is 1. The van der Waals surface area contributed by atoms with Gasteiger partial charge in [-0.15, -0.1) is 11.3 Å². The predicted molar refractivity (Wildman–Crippen MR) is 73.9 cm³/mol. The van der Waals surface area contributed by atoms with E-state index >= 15 is 0 Å². The van der Waals surface area contributed by atoms with Crippen LogP contribution in [0.4, 0.5) is 13.2 Å². The molecule has 0 bridgehead atoms. The van der Waals surface area contributed by atoms with Gasteiger partial charge in [0.2, 0.25) is 5.91 Å². The normalized spacial score (nSPS) is 11.4. The molecule has 0 spiro atoms. The van der Waals surface area contributed by atoms with Crippen molar-refractivity contribution in [3.8, 4) is 0 Å². The minimum absolute atomic E-state index is 0.0350. The van der Waals surface area contributed by atoms with Gasteiger partial charge in [0, 0.05) is 11.1 Å². The first-order chi connectivity index (χ1) is 9.95. The molecule has 0 fully saturated rings. The Bertz CT molecular complexity index is 602. The summed E-state index contributed by atoms with van der Waals surface area (Å²) in [5.41, 5.74) is -1.01. The molecular formula is C12H10F3N3OS2. The summed E-state index contributed by atoms with van der Waals surface area (Å²) in [4.78, 5) is 19.7. The average molecular weight is 333 g/mol. The predicted octanol–water partition coefficient (Wildman–Crippen LogP) is 2.97. The van der Waals surface area contributed by atoms with Crippen molar-refractivity contribution in [2.75, 3.05) is 5.75 Å². The number of nitrogens with one attached hydrogen (secondary N) is 1. The molecule has 0 saturated carbocycles. The van der Waals surface area contributed by atoms with E-state index in [0.717, 1.165) is 28.9 Å². The monoisotopic (exact) mass is 333 g/mol. The van der Waals surface area contributed by atoms with Gasteiger partial charge in [-0.2, -0.15) is 13.2 Å². The van der Waals surface area contributed by atoms with E-state index < -0.39 is 11.9 Å². The van der Waals surface area contributed by atoms with Crippen LogP contribution >= 0.6 is 23.1 Å². The molecule has 0 aliphatic rings. The fraction of sp³-hybridized carbons (Fsp3) is 0.250. The van der Waals surface area contributed by atoms with Gasteiger partial charge in [-0.25, -0.2) is 9.97 Å². The Morgan fingerprint density at radius 2 is 2.19 bits per heavy atom. The van der Waals surface area contributed by atoms with Gasteiger partial charge in [0.1, 0.15) is 5.69 Å². The topological polar surface area (TPSA) is 54.9 Å². The molecule has 112 valence electrons. The van der Waals surface area contributed by atoms with Crippen molar-refractivity contribution in [2.24, 2.45) is 0 Å². The number of rotatable bonds is 5. The molecule has 2 aromatic heterocycles. The summed E-state index contributed by atoms with van der Waals surface area (Å²) in [6.45, 7) is 0.403. The van der Waals surface area contributed by atoms with Gasteiger partial charge in [-0.1, -0.05) is 17.8 Å². The van der Waals surface area contributed by atoms with Crippen LogP contribution in [0.2, 0.25) is 0 Å². The van der Waals surface area contributed by atoms with Gasteiger partial charge in [0.05, 0.1) is 12.3 Å². The number of thioether (sulfide) groups is 1. The number of halogens is 3. The number of aromatic nitrogens is 2. The highest BCUT2D eigenvalue weighted by atomic mass is 32.2. The first-order valence-electron chi connectivity index (χ1n) is 5.77. The molecule has 0 aromatic carbocycles. The fourth-order valence-electron chi connectivity index (χ4n) is 1.35. The lowest BCUT2D eigenvalue weighted by Gasteiger charge is -2.06. The Labute approximate surface area is 126 Å². The van der Waals surface area contributed by atoms with Crippen LogP contribution in [-0.2, 0) is 17.5 Å². The van der Waals surface area contributed by atoms with Gasteiger partial charge in [0.15, 0.2) is 5.16 Å². The van der Waals surface area contributed by atoms with Crippen molar-refractivity contribution in [1.29, 1.82) is 0 Å². The fourth-order valence-corrected chi connectivity index (χ4v) is 2.65. The molecule has 0 aliphatic carbocycles. The van der Waals surface area contributed by atoms with E-state index in [1.807, 2.05) is 17.5 Å². The second-order valence-electron chi connectivity index (χ2n) is 3.87. The van der Waals surface area contributed by atoms with Crippen LogP contribution in [0.25, 0.3) is 0 Å². The summed E-state index contributed by atoms with van der Waals surface area (Å²) < 4.78 is 37.4. The number of amides is 1. The maximum Gasteiger partial charge on any atom is 0.433 e. The first-order valence-corrected chi connectivity index (χ1v) is 7.64. The third kappa shape index (κ3) is 5.01. The van der Waals surface area contributed by atoms with Gasteiger partial charge >= 0.3 is 6.18 Å². The van der Waals surface area contributed by atoms with Gasteiger partial charge in [-0.05, 0) is 17.5 Å². The second kappa shape index (κ2) is 6.90. The summed E-state index contributed by atoms with van der Waals surface area (Å²) in [5.74, 6) is -0.318. The van der Waals surface area contributed by atoms with Crippen molar-refractivity contribution in [3.63, 3.8) is 0 Å². The molecule has 9 heteroatoms. The highest BCUT2D eigenvalue weighted by Gasteiger charge is 2.32. The summed E-state index contributed by atoms with van der Waals surface area (Å²) in [6, 6.07) is 4.55. The van der Waals surface area contributed by atoms with E-state index in [9.17, 15) is 18.0 Å². The van der Waals surface area contributed by atoms with E-state index in [0.29, 0.717) is 6.54 Å². The minimum Gasteiger partial charge on any atom is -0.350 e. The number of alkyl halides is 3. The molecule has 2 aromatic rings. The number of carbonyl (C=O) groups excluding carboxylic acids is 1. The van der Waals surface area contributed by atoms with Crippen LogP contribution in [0.3, 0.4) is 0 Å². The van der Waals surface area contributed by atoms with Crippen LogP contribution < -0.4 is 5.32 Å². The van der Waals surface area contributed by atoms with Crippen LogP contribution in [0.5, 0.6) is 0 Å².